The second-order valence-electron chi connectivity index (χ2n) is 4.93. The van der Waals surface area contributed by atoms with Crippen LogP contribution in [0.25, 0.3) is 0 Å². The molecule has 0 radical (unpaired) electrons. The SMILES string of the molecule is CSCC[C@H](N)C(=O)N1CCC(OCCC(=O)O)CC1. The third-order valence-electron chi connectivity index (χ3n) is 3.37. The van der Waals surface area contributed by atoms with E-state index in [0.29, 0.717) is 19.5 Å². The van der Waals surface area contributed by atoms with Crippen LogP contribution in [0.5, 0.6) is 0 Å². The molecular formula is C13H24N2O4S. The Morgan fingerprint density at radius 2 is 2.10 bits per heavy atom. The van der Waals surface area contributed by atoms with Crippen LogP contribution in [-0.2, 0) is 14.3 Å². The van der Waals surface area contributed by atoms with Crippen molar-refractivity contribution >= 4 is 23.6 Å². The fourth-order valence-electron chi connectivity index (χ4n) is 2.16. The maximum Gasteiger partial charge on any atom is 0.305 e. The monoisotopic (exact) mass is 304 g/mol. The van der Waals surface area contributed by atoms with Crippen molar-refractivity contribution in [2.45, 2.75) is 37.8 Å². The highest BCUT2D eigenvalue weighted by atomic mass is 32.2. The molecule has 1 rings (SSSR count). The van der Waals surface area contributed by atoms with Crippen LogP contribution in [-0.4, -0.2) is 65.7 Å². The molecule has 0 aromatic carbocycles. The zero-order chi connectivity index (χ0) is 15.0. The van der Waals surface area contributed by atoms with Gasteiger partial charge in [0.1, 0.15) is 0 Å². The summed E-state index contributed by atoms with van der Waals surface area (Å²) in [6.45, 7) is 1.52. The number of aliphatic carboxylic acids is 1. The van der Waals surface area contributed by atoms with Crippen molar-refractivity contribution in [3.63, 3.8) is 0 Å². The molecule has 1 saturated heterocycles. The van der Waals surface area contributed by atoms with Gasteiger partial charge in [0.15, 0.2) is 0 Å². The first kappa shape index (κ1) is 17.3. The van der Waals surface area contributed by atoms with Crippen molar-refractivity contribution in [2.24, 2.45) is 5.73 Å². The van der Waals surface area contributed by atoms with Crippen LogP contribution in [0.15, 0.2) is 0 Å². The maximum atomic E-state index is 12.1. The van der Waals surface area contributed by atoms with Gasteiger partial charge in [0.05, 0.1) is 25.2 Å². The number of ether oxygens (including phenoxy) is 1. The second-order valence-corrected chi connectivity index (χ2v) is 5.91. The molecule has 0 aromatic rings. The number of rotatable bonds is 8. The van der Waals surface area contributed by atoms with Gasteiger partial charge in [0.25, 0.3) is 0 Å². The van der Waals surface area contributed by atoms with Crippen molar-refractivity contribution in [3.05, 3.63) is 0 Å². The van der Waals surface area contributed by atoms with E-state index in [4.69, 9.17) is 15.6 Å². The number of amides is 1. The van der Waals surface area contributed by atoms with Gasteiger partial charge in [-0.05, 0) is 31.3 Å². The molecule has 6 nitrogen and oxygen atoms in total. The minimum absolute atomic E-state index is 0.0167. The number of thioether (sulfide) groups is 1. The number of piperidine rings is 1. The number of carbonyl (C=O) groups is 2. The highest BCUT2D eigenvalue weighted by Crippen LogP contribution is 2.15. The summed E-state index contributed by atoms with van der Waals surface area (Å²) in [7, 11) is 0. The lowest BCUT2D eigenvalue weighted by molar-refractivity contribution is -0.139. The molecule has 1 fully saturated rings. The average Bonchev–Trinajstić information content (AvgIpc) is 2.44. The van der Waals surface area contributed by atoms with Crippen molar-refractivity contribution in [2.75, 3.05) is 31.7 Å². The van der Waals surface area contributed by atoms with E-state index in [9.17, 15) is 9.59 Å². The first-order valence-corrected chi connectivity index (χ1v) is 8.30. The van der Waals surface area contributed by atoms with Gasteiger partial charge < -0.3 is 20.5 Å². The van der Waals surface area contributed by atoms with Crippen LogP contribution >= 0.6 is 11.8 Å². The Morgan fingerprint density at radius 3 is 2.65 bits per heavy atom. The normalized spacial score (nSPS) is 18.0. The molecule has 116 valence electrons. The smallest absolute Gasteiger partial charge is 0.305 e. The topological polar surface area (TPSA) is 92.9 Å². The maximum absolute atomic E-state index is 12.1. The molecule has 0 aromatic heterocycles. The molecule has 7 heteroatoms. The minimum atomic E-state index is -0.850. The summed E-state index contributed by atoms with van der Waals surface area (Å²) in [6.07, 6.45) is 4.28. The van der Waals surface area contributed by atoms with Crippen LogP contribution in [0.3, 0.4) is 0 Å². The first-order valence-electron chi connectivity index (χ1n) is 6.91. The lowest BCUT2D eigenvalue weighted by Gasteiger charge is -2.33. The molecule has 0 bridgehead atoms. The highest BCUT2D eigenvalue weighted by Gasteiger charge is 2.26. The quantitative estimate of drug-likeness (QED) is 0.680. The summed E-state index contributed by atoms with van der Waals surface area (Å²) in [4.78, 5) is 24.3. The van der Waals surface area contributed by atoms with E-state index < -0.39 is 12.0 Å². The summed E-state index contributed by atoms with van der Waals surface area (Å²) in [5.41, 5.74) is 5.88. The Balaban J connectivity index is 2.23. The molecular weight excluding hydrogens is 280 g/mol. The predicted molar refractivity (Wildman–Crippen MR) is 78.8 cm³/mol. The van der Waals surface area contributed by atoms with Crippen LogP contribution in [0.2, 0.25) is 0 Å². The number of carboxylic acids is 1. The number of carbonyl (C=O) groups excluding carboxylic acids is 1. The lowest BCUT2D eigenvalue weighted by atomic mass is 10.1. The van der Waals surface area contributed by atoms with E-state index in [-0.39, 0.29) is 25.0 Å². The Hall–Kier alpha value is -0.790. The van der Waals surface area contributed by atoms with Crippen molar-refractivity contribution < 1.29 is 19.4 Å². The van der Waals surface area contributed by atoms with Crippen LogP contribution in [0.1, 0.15) is 25.7 Å². The van der Waals surface area contributed by atoms with Crippen LogP contribution in [0.4, 0.5) is 0 Å². The molecule has 3 N–H and O–H groups in total. The second kappa shape index (κ2) is 9.20. The number of hydrogen-bond acceptors (Lipinski definition) is 5. The zero-order valence-electron chi connectivity index (χ0n) is 11.9. The van der Waals surface area contributed by atoms with Crippen LogP contribution in [0, 0.1) is 0 Å². The minimum Gasteiger partial charge on any atom is -0.481 e. The number of likely N-dealkylation sites (tertiary alicyclic amines) is 1. The average molecular weight is 304 g/mol. The largest absolute Gasteiger partial charge is 0.481 e. The molecule has 1 aliphatic heterocycles. The molecule has 0 spiro atoms. The van der Waals surface area contributed by atoms with E-state index in [0.717, 1.165) is 18.6 Å². The predicted octanol–water partition coefficient (Wildman–Crippen LogP) is 0.549. The highest BCUT2D eigenvalue weighted by molar-refractivity contribution is 7.98. The Labute approximate surface area is 124 Å². The lowest BCUT2D eigenvalue weighted by Crippen LogP contribution is -2.48. The van der Waals surface area contributed by atoms with Gasteiger partial charge >= 0.3 is 5.97 Å². The first-order chi connectivity index (χ1) is 9.54. The van der Waals surface area contributed by atoms with E-state index >= 15 is 0 Å². The van der Waals surface area contributed by atoms with Gasteiger partial charge in [-0.25, -0.2) is 0 Å². The summed E-state index contributed by atoms with van der Waals surface area (Å²) in [5.74, 6) is 0.0576. The van der Waals surface area contributed by atoms with Gasteiger partial charge in [0, 0.05) is 13.1 Å². The molecule has 1 heterocycles. The van der Waals surface area contributed by atoms with E-state index in [1.54, 1.807) is 16.7 Å². The molecule has 20 heavy (non-hydrogen) atoms. The van der Waals surface area contributed by atoms with E-state index in [1.807, 2.05) is 6.26 Å². The molecule has 1 aliphatic rings. The molecule has 0 aliphatic carbocycles. The van der Waals surface area contributed by atoms with E-state index in [2.05, 4.69) is 0 Å². The van der Waals surface area contributed by atoms with Crippen molar-refractivity contribution in [1.82, 2.24) is 4.90 Å². The standard InChI is InChI=1S/C13H24N2O4S/c1-20-9-5-11(14)13(18)15-6-2-10(3-7-15)19-8-4-12(16)17/h10-11H,2-9,14H2,1H3,(H,16,17)/t11-/m0/s1. The van der Waals surface area contributed by atoms with Crippen molar-refractivity contribution in [3.8, 4) is 0 Å². The fraction of sp³-hybridized carbons (Fsp3) is 0.846. The van der Waals surface area contributed by atoms with Gasteiger partial charge in [0.2, 0.25) is 5.91 Å². The Bertz CT molecular complexity index is 319. The number of nitrogens with zero attached hydrogens (tertiary/aromatic N) is 1. The van der Waals surface area contributed by atoms with Crippen LogP contribution < -0.4 is 5.73 Å². The van der Waals surface area contributed by atoms with Gasteiger partial charge in [-0.3, -0.25) is 9.59 Å². The van der Waals surface area contributed by atoms with Gasteiger partial charge in [-0.1, -0.05) is 0 Å². The van der Waals surface area contributed by atoms with Gasteiger partial charge in [-0.15, -0.1) is 0 Å². The number of hydrogen-bond donors (Lipinski definition) is 2. The Morgan fingerprint density at radius 1 is 1.45 bits per heavy atom. The van der Waals surface area contributed by atoms with E-state index in [1.165, 1.54) is 0 Å². The fourth-order valence-corrected chi connectivity index (χ4v) is 2.65. The number of carboxylic acid groups (broad SMARTS) is 1. The zero-order valence-corrected chi connectivity index (χ0v) is 12.7. The summed E-state index contributed by atoms with van der Waals surface area (Å²) in [6, 6.07) is -0.410. The molecule has 0 unspecified atom stereocenters. The summed E-state index contributed by atoms with van der Waals surface area (Å²) >= 11 is 1.69. The molecule has 1 amide bonds. The molecule has 1 atom stereocenters. The summed E-state index contributed by atoms with van der Waals surface area (Å²) < 4.78 is 5.49. The third-order valence-corrected chi connectivity index (χ3v) is 4.02. The van der Waals surface area contributed by atoms with Gasteiger partial charge in [-0.2, -0.15) is 11.8 Å². The third kappa shape index (κ3) is 6.11. The Kier molecular flexibility index (Phi) is 7.94. The summed E-state index contributed by atoms with van der Waals surface area (Å²) in [5, 5.41) is 8.54. The number of nitrogens with two attached hydrogens (primary N) is 1. The van der Waals surface area contributed by atoms with Crippen molar-refractivity contribution in [1.29, 1.82) is 0 Å². The molecule has 0 saturated carbocycles.